The van der Waals surface area contributed by atoms with Crippen LogP contribution in [0.3, 0.4) is 0 Å². The number of rotatable bonds is 3. The Balaban J connectivity index is 2.37. The van der Waals surface area contributed by atoms with Gasteiger partial charge in [0.15, 0.2) is 11.6 Å². The minimum absolute atomic E-state index is 0.146. The maximum Gasteiger partial charge on any atom is 0.163 e. The molecule has 20 heavy (non-hydrogen) atoms. The summed E-state index contributed by atoms with van der Waals surface area (Å²) in [5, 5.41) is 0. The fourth-order valence-corrected chi connectivity index (χ4v) is 3.11. The minimum Gasteiger partial charge on any atom is -0.326 e. The summed E-state index contributed by atoms with van der Waals surface area (Å²) in [5.41, 5.74) is 6.67. The molecule has 0 amide bonds. The second kappa shape index (κ2) is 6.64. The number of benzene rings is 1. The van der Waals surface area contributed by atoms with E-state index in [4.69, 9.17) is 5.73 Å². The Kier molecular flexibility index (Phi) is 5.11. The van der Waals surface area contributed by atoms with Gasteiger partial charge >= 0.3 is 0 Å². The van der Waals surface area contributed by atoms with Gasteiger partial charge in [0, 0.05) is 18.2 Å². The van der Waals surface area contributed by atoms with E-state index in [1.807, 2.05) is 0 Å². The normalized spacial score (nSPS) is 24.9. The summed E-state index contributed by atoms with van der Waals surface area (Å²) >= 11 is 0. The Morgan fingerprint density at radius 1 is 1.30 bits per heavy atom. The zero-order valence-electron chi connectivity index (χ0n) is 12.3. The van der Waals surface area contributed by atoms with Crippen molar-refractivity contribution in [2.75, 3.05) is 13.1 Å². The van der Waals surface area contributed by atoms with Crippen molar-refractivity contribution in [2.24, 2.45) is 11.7 Å². The lowest BCUT2D eigenvalue weighted by molar-refractivity contribution is 0.161. The highest BCUT2D eigenvalue weighted by Crippen LogP contribution is 2.32. The van der Waals surface area contributed by atoms with E-state index in [2.05, 4.69) is 18.7 Å². The molecule has 112 valence electrons. The van der Waals surface area contributed by atoms with Crippen molar-refractivity contribution < 1.29 is 8.78 Å². The molecule has 1 aliphatic rings. The summed E-state index contributed by atoms with van der Waals surface area (Å²) in [7, 11) is 0. The Bertz CT molecular complexity index is 448. The molecule has 1 fully saturated rings. The third kappa shape index (κ3) is 3.36. The summed E-state index contributed by atoms with van der Waals surface area (Å²) in [5.74, 6) is -1.06. The van der Waals surface area contributed by atoms with Crippen molar-refractivity contribution in [1.29, 1.82) is 0 Å². The predicted octanol–water partition coefficient (Wildman–Crippen LogP) is 3.48. The van der Waals surface area contributed by atoms with E-state index in [9.17, 15) is 8.78 Å². The van der Waals surface area contributed by atoms with Crippen molar-refractivity contribution in [3.8, 4) is 0 Å². The van der Waals surface area contributed by atoms with Crippen LogP contribution in [0.2, 0.25) is 0 Å². The lowest BCUT2D eigenvalue weighted by Gasteiger charge is -2.35. The van der Waals surface area contributed by atoms with Crippen LogP contribution in [-0.2, 0) is 0 Å². The van der Waals surface area contributed by atoms with Crippen LogP contribution < -0.4 is 5.73 Å². The molecule has 2 N–H and O–H groups in total. The molecule has 1 aliphatic heterocycles. The first-order valence-electron chi connectivity index (χ1n) is 7.44. The predicted molar refractivity (Wildman–Crippen MR) is 77.3 cm³/mol. The molecule has 0 bridgehead atoms. The zero-order valence-corrected chi connectivity index (χ0v) is 12.3. The molecule has 2 nitrogen and oxygen atoms in total. The first-order chi connectivity index (χ1) is 9.50. The number of hydrogen-bond acceptors (Lipinski definition) is 2. The summed E-state index contributed by atoms with van der Waals surface area (Å²) < 4.78 is 27.7. The van der Waals surface area contributed by atoms with E-state index in [1.54, 1.807) is 12.1 Å². The molecule has 0 aliphatic carbocycles. The standard InChI is InChI=1S/C16H24F2N2/c1-11(2)10-20-9-4-3-8-14(19)16(20)12-6-5-7-13(17)15(12)18/h5-7,11,14,16H,3-4,8-10,19H2,1-2H3. The van der Waals surface area contributed by atoms with Gasteiger partial charge in [0.25, 0.3) is 0 Å². The molecule has 0 saturated carbocycles. The Labute approximate surface area is 120 Å². The van der Waals surface area contributed by atoms with E-state index in [-0.39, 0.29) is 12.1 Å². The minimum atomic E-state index is -0.788. The first kappa shape index (κ1) is 15.4. The van der Waals surface area contributed by atoms with E-state index in [0.29, 0.717) is 11.5 Å². The zero-order chi connectivity index (χ0) is 14.7. The third-order valence-electron chi connectivity index (χ3n) is 3.93. The van der Waals surface area contributed by atoms with Gasteiger partial charge in [-0.2, -0.15) is 0 Å². The lowest BCUT2D eigenvalue weighted by Crippen LogP contribution is -2.42. The first-order valence-corrected chi connectivity index (χ1v) is 7.44. The van der Waals surface area contributed by atoms with Crippen LogP contribution in [0, 0.1) is 17.6 Å². The fourth-order valence-electron chi connectivity index (χ4n) is 3.11. The van der Waals surface area contributed by atoms with Gasteiger partial charge in [0.2, 0.25) is 0 Å². The Hall–Kier alpha value is -1.00. The van der Waals surface area contributed by atoms with Gasteiger partial charge < -0.3 is 5.73 Å². The molecule has 2 unspecified atom stereocenters. The topological polar surface area (TPSA) is 29.3 Å². The Morgan fingerprint density at radius 3 is 2.75 bits per heavy atom. The van der Waals surface area contributed by atoms with Crippen molar-refractivity contribution in [3.05, 3.63) is 35.4 Å². The highest BCUT2D eigenvalue weighted by atomic mass is 19.2. The summed E-state index contributed by atoms with van der Waals surface area (Å²) in [6, 6.07) is 4.03. The fraction of sp³-hybridized carbons (Fsp3) is 0.625. The molecule has 0 radical (unpaired) electrons. The summed E-state index contributed by atoms with van der Waals surface area (Å²) in [4.78, 5) is 2.22. The highest BCUT2D eigenvalue weighted by molar-refractivity contribution is 5.24. The van der Waals surface area contributed by atoms with Crippen LogP contribution >= 0.6 is 0 Å². The molecule has 1 saturated heterocycles. The molecular weight excluding hydrogens is 258 g/mol. The van der Waals surface area contributed by atoms with Crippen LogP contribution in [0.1, 0.15) is 44.7 Å². The van der Waals surface area contributed by atoms with E-state index < -0.39 is 11.6 Å². The number of halogens is 2. The molecule has 2 atom stereocenters. The van der Waals surface area contributed by atoms with Gasteiger partial charge in [-0.15, -0.1) is 0 Å². The molecule has 4 heteroatoms. The van der Waals surface area contributed by atoms with Gasteiger partial charge in [-0.3, -0.25) is 4.90 Å². The largest absolute Gasteiger partial charge is 0.326 e. The molecule has 1 aromatic carbocycles. The van der Waals surface area contributed by atoms with Crippen LogP contribution in [0.15, 0.2) is 18.2 Å². The molecule has 0 aromatic heterocycles. The molecule has 1 aromatic rings. The maximum absolute atomic E-state index is 14.1. The quantitative estimate of drug-likeness (QED) is 0.919. The monoisotopic (exact) mass is 282 g/mol. The second-order valence-electron chi connectivity index (χ2n) is 6.14. The maximum atomic E-state index is 14.1. The third-order valence-corrected chi connectivity index (χ3v) is 3.93. The average molecular weight is 282 g/mol. The van der Waals surface area contributed by atoms with Gasteiger partial charge in [-0.05, 0) is 31.4 Å². The van der Waals surface area contributed by atoms with E-state index in [0.717, 1.165) is 38.4 Å². The Morgan fingerprint density at radius 2 is 2.05 bits per heavy atom. The smallest absolute Gasteiger partial charge is 0.163 e. The number of likely N-dealkylation sites (tertiary alicyclic amines) is 1. The molecule has 1 heterocycles. The van der Waals surface area contributed by atoms with Crippen molar-refractivity contribution in [3.63, 3.8) is 0 Å². The van der Waals surface area contributed by atoms with Crippen LogP contribution in [0.5, 0.6) is 0 Å². The summed E-state index contributed by atoms with van der Waals surface area (Å²) in [6.45, 7) is 6.02. The molecular formula is C16H24F2N2. The SMILES string of the molecule is CC(C)CN1CCCCC(N)C1c1cccc(F)c1F. The lowest BCUT2D eigenvalue weighted by atomic mass is 9.95. The van der Waals surface area contributed by atoms with Crippen LogP contribution in [-0.4, -0.2) is 24.0 Å². The van der Waals surface area contributed by atoms with Crippen LogP contribution in [0.25, 0.3) is 0 Å². The molecule has 0 spiro atoms. The number of hydrogen-bond donors (Lipinski definition) is 1. The number of nitrogens with zero attached hydrogens (tertiary/aromatic N) is 1. The van der Waals surface area contributed by atoms with Gasteiger partial charge in [-0.1, -0.05) is 32.4 Å². The van der Waals surface area contributed by atoms with Crippen molar-refractivity contribution >= 4 is 0 Å². The number of nitrogens with two attached hydrogens (primary N) is 1. The van der Waals surface area contributed by atoms with Crippen molar-refractivity contribution in [1.82, 2.24) is 4.90 Å². The summed E-state index contributed by atoms with van der Waals surface area (Å²) in [6.07, 6.45) is 2.96. The molecule has 2 rings (SSSR count). The average Bonchev–Trinajstić information content (AvgIpc) is 2.55. The van der Waals surface area contributed by atoms with Gasteiger partial charge in [0.05, 0.1) is 6.04 Å². The van der Waals surface area contributed by atoms with Gasteiger partial charge in [-0.25, -0.2) is 8.78 Å². The van der Waals surface area contributed by atoms with Crippen molar-refractivity contribution in [2.45, 2.75) is 45.2 Å². The van der Waals surface area contributed by atoms with Crippen LogP contribution in [0.4, 0.5) is 8.78 Å². The van der Waals surface area contributed by atoms with E-state index in [1.165, 1.54) is 0 Å². The second-order valence-corrected chi connectivity index (χ2v) is 6.14. The van der Waals surface area contributed by atoms with Gasteiger partial charge in [0.1, 0.15) is 0 Å². The van der Waals surface area contributed by atoms with E-state index >= 15 is 0 Å². The highest BCUT2D eigenvalue weighted by Gasteiger charge is 2.31.